The van der Waals surface area contributed by atoms with Crippen LogP contribution in [0.2, 0.25) is 0 Å². The fourth-order valence-electron chi connectivity index (χ4n) is 4.58. The van der Waals surface area contributed by atoms with Gasteiger partial charge in [0, 0.05) is 35.5 Å². The van der Waals surface area contributed by atoms with Crippen molar-refractivity contribution in [3.63, 3.8) is 0 Å². The van der Waals surface area contributed by atoms with Crippen molar-refractivity contribution in [1.29, 1.82) is 0 Å². The molecule has 2 aromatic heterocycles. The lowest BCUT2D eigenvalue weighted by atomic mass is 9.86. The normalized spacial score (nSPS) is 17.8. The molecule has 0 amide bonds. The van der Waals surface area contributed by atoms with E-state index in [0.29, 0.717) is 41.1 Å². The fourth-order valence-corrected chi connectivity index (χ4v) is 4.58. The van der Waals surface area contributed by atoms with E-state index < -0.39 is 17.5 Å². The molecule has 3 N–H and O–H groups in total. The summed E-state index contributed by atoms with van der Waals surface area (Å²) in [6.07, 6.45) is 0.104. The first kappa shape index (κ1) is 24.4. The van der Waals surface area contributed by atoms with E-state index in [1.807, 2.05) is 25.1 Å². The minimum Gasteiger partial charge on any atom is -0.508 e. The van der Waals surface area contributed by atoms with Crippen LogP contribution in [0.5, 0.6) is 5.75 Å². The van der Waals surface area contributed by atoms with Gasteiger partial charge in [0.05, 0.1) is 29.0 Å². The number of fused-ring (bicyclic) bond motifs is 5. The van der Waals surface area contributed by atoms with Crippen LogP contribution in [0.25, 0.3) is 22.3 Å². The fraction of sp³-hybridized carbons (Fsp3) is 0.360. The number of benzene rings is 1. The van der Waals surface area contributed by atoms with E-state index in [1.54, 1.807) is 29.7 Å². The Balaban J connectivity index is 0.000000672. The summed E-state index contributed by atoms with van der Waals surface area (Å²) in [7, 11) is 3.86. The third kappa shape index (κ3) is 4.04. The summed E-state index contributed by atoms with van der Waals surface area (Å²) in [6, 6.07) is 7.05. The van der Waals surface area contributed by atoms with Crippen molar-refractivity contribution in [2.24, 2.45) is 0 Å². The molecule has 4 heterocycles. The molecule has 35 heavy (non-hydrogen) atoms. The van der Waals surface area contributed by atoms with Crippen molar-refractivity contribution in [3.05, 3.63) is 56.9 Å². The van der Waals surface area contributed by atoms with E-state index in [0.717, 1.165) is 23.4 Å². The average Bonchev–Trinajstić information content (AvgIpc) is 3.15. The number of ether oxygens (including phenoxy) is 1. The van der Waals surface area contributed by atoms with Crippen molar-refractivity contribution >= 4 is 22.8 Å². The molecule has 2 aliphatic rings. The SMILES string of the molecule is CC(=O)O.CCC1(O)C(=O)OCc2c1cc1n(c2=O)Cc2cc3c(CN(C)C)c(O)ccc3nc2-1. The van der Waals surface area contributed by atoms with Gasteiger partial charge in [0.25, 0.3) is 11.5 Å². The minimum absolute atomic E-state index is 0.104. The van der Waals surface area contributed by atoms with E-state index in [1.165, 1.54) is 0 Å². The molecule has 1 unspecified atom stereocenters. The quantitative estimate of drug-likeness (QED) is 0.374. The van der Waals surface area contributed by atoms with Crippen LogP contribution < -0.4 is 5.56 Å². The van der Waals surface area contributed by atoms with Crippen molar-refractivity contribution in [1.82, 2.24) is 14.5 Å². The van der Waals surface area contributed by atoms with Gasteiger partial charge in [-0.1, -0.05) is 6.92 Å². The molecule has 0 saturated heterocycles. The first-order chi connectivity index (χ1) is 16.5. The highest BCUT2D eigenvalue weighted by Gasteiger charge is 2.45. The Bertz CT molecular complexity index is 1420. The van der Waals surface area contributed by atoms with E-state index in [-0.39, 0.29) is 24.3 Å². The molecule has 0 bridgehead atoms. The Kier molecular flexibility index (Phi) is 6.12. The number of hydrogen-bond donors (Lipinski definition) is 3. The number of hydrogen-bond acceptors (Lipinski definition) is 8. The molecule has 10 heteroatoms. The zero-order chi connectivity index (χ0) is 25.7. The van der Waals surface area contributed by atoms with E-state index in [2.05, 4.69) is 0 Å². The summed E-state index contributed by atoms with van der Waals surface area (Å²) in [5, 5.41) is 29.6. The number of aromatic nitrogens is 2. The zero-order valence-electron chi connectivity index (χ0n) is 20.0. The Hall–Kier alpha value is -3.76. The number of carboxylic acid groups (broad SMARTS) is 1. The van der Waals surface area contributed by atoms with E-state index in [9.17, 15) is 19.8 Å². The molecule has 10 nitrogen and oxygen atoms in total. The Morgan fingerprint density at radius 1 is 1.26 bits per heavy atom. The molecule has 5 rings (SSSR count). The smallest absolute Gasteiger partial charge is 0.343 e. The van der Waals surface area contributed by atoms with Crippen molar-refractivity contribution < 1.29 is 29.6 Å². The van der Waals surface area contributed by atoms with Gasteiger partial charge in [-0.25, -0.2) is 9.78 Å². The number of pyridine rings is 2. The van der Waals surface area contributed by atoms with Gasteiger partial charge in [-0.05, 0) is 44.8 Å². The molecule has 0 spiro atoms. The zero-order valence-corrected chi connectivity index (χ0v) is 20.0. The highest BCUT2D eigenvalue weighted by molar-refractivity contribution is 5.89. The second-order valence-corrected chi connectivity index (χ2v) is 8.99. The number of aliphatic hydroxyl groups is 1. The van der Waals surface area contributed by atoms with Crippen LogP contribution in [-0.2, 0) is 39.6 Å². The largest absolute Gasteiger partial charge is 0.508 e. The minimum atomic E-state index is -1.84. The molecule has 1 atom stereocenters. The van der Waals surface area contributed by atoms with Crippen molar-refractivity contribution in [3.8, 4) is 17.1 Å². The molecular weight excluding hydrogens is 454 g/mol. The number of aromatic hydroxyl groups is 1. The summed E-state index contributed by atoms with van der Waals surface area (Å²) in [5.74, 6) is -1.37. The summed E-state index contributed by atoms with van der Waals surface area (Å²) in [5.41, 5.74) is 2.03. The number of carbonyl (C=O) groups is 2. The predicted molar refractivity (Wildman–Crippen MR) is 127 cm³/mol. The molecular formula is C25H27N3O7. The highest BCUT2D eigenvalue weighted by Crippen LogP contribution is 2.39. The van der Waals surface area contributed by atoms with Crippen LogP contribution >= 0.6 is 0 Å². The summed E-state index contributed by atoms with van der Waals surface area (Å²) < 4.78 is 6.71. The van der Waals surface area contributed by atoms with Crippen molar-refractivity contribution in [2.45, 2.75) is 45.6 Å². The lowest BCUT2D eigenvalue weighted by Gasteiger charge is -2.31. The van der Waals surface area contributed by atoms with E-state index >= 15 is 0 Å². The topological polar surface area (TPSA) is 142 Å². The number of carboxylic acids is 1. The van der Waals surface area contributed by atoms with Gasteiger partial charge in [0.2, 0.25) is 0 Å². The summed E-state index contributed by atoms with van der Waals surface area (Å²) in [6.45, 7) is 3.49. The maximum atomic E-state index is 13.2. The third-order valence-electron chi connectivity index (χ3n) is 6.25. The second-order valence-electron chi connectivity index (χ2n) is 8.99. The number of phenolic OH excluding ortho intramolecular Hbond substituents is 1. The Morgan fingerprint density at radius 2 is 1.94 bits per heavy atom. The molecule has 184 valence electrons. The lowest BCUT2D eigenvalue weighted by molar-refractivity contribution is -0.172. The molecule has 0 fully saturated rings. The molecule has 3 aromatic rings. The first-order valence-corrected chi connectivity index (χ1v) is 11.1. The maximum Gasteiger partial charge on any atom is 0.343 e. The summed E-state index contributed by atoms with van der Waals surface area (Å²) >= 11 is 0. The summed E-state index contributed by atoms with van der Waals surface area (Å²) in [4.78, 5) is 41.3. The number of rotatable bonds is 3. The maximum absolute atomic E-state index is 13.2. The van der Waals surface area contributed by atoms with Crippen LogP contribution in [0.15, 0.2) is 29.1 Å². The number of esters is 1. The lowest BCUT2D eigenvalue weighted by Crippen LogP contribution is -2.44. The van der Waals surface area contributed by atoms with Crippen LogP contribution in [0, 0.1) is 0 Å². The van der Waals surface area contributed by atoms with Gasteiger partial charge >= 0.3 is 5.97 Å². The average molecular weight is 482 g/mol. The number of cyclic esters (lactones) is 1. The number of nitrogens with zero attached hydrogens (tertiary/aromatic N) is 3. The van der Waals surface area contributed by atoms with Crippen LogP contribution in [-0.4, -0.2) is 55.8 Å². The second kappa shape index (κ2) is 8.79. The van der Waals surface area contributed by atoms with Gasteiger partial charge in [-0.2, -0.15) is 0 Å². The Labute approximate surface area is 201 Å². The van der Waals surface area contributed by atoms with Gasteiger partial charge in [0.1, 0.15) is 12.4 Å². The highest BCUT2D eigenvalue weighted by atomic mass is 16.6. The first-order valence-electron chi connectivity index (χ1n) is 11.1. The molecule has 0 radical (unpaired) electrons. The molecule has 1 aromatic carbocycles. The number of phenols is 1. The molecule has 0 saturated carbocycles. The van der Waals surface area contributed by atoms with Gasteiger partial charge < -0.3 is 29.5 Å². The Morgan fingerprint density at radius 3 is 2.57 bits per heavy atom. The number of aliphatic carboxylic acids is 1. The predicted octanol–water partition coefficient (Wildman–Crippen LogP) is 1.94. The van der Waals surface area contributed by atoms with Crippen LogP contribution in [0.1, 0.15) is 42.5 Å². The van der Waals surface area contributed by atoms with Crippen molar-refractivity contribution in [2.75, 3.05) is 14.1 Å². The standard InChI is InChI=1S/C23H23N3O5.C2H4O2/c1-4-23(30)16-8-18-20-12(9-26(18)21(28)15(16)11-31-22(23)29)7-13-14(10-25(2)3)19(27)6-5-17(13)24-20;1-2(3)4/h5-8,27,30H,4,9-11H2,1-3H3;1H3,(H,3,4). The van der Waals surface area contributed by atoms with E-state index in [4.69, 9.17) is 19.6 Å². The number of carbonyl (C=O) groups excluding carboxylic acids is 1. The van der Waals surface area contributed by atoms with Gasteiger partial charge in [-0.3, -0.25) is 9.59 Å². The van der Waals surface area contributed by atoms with Crippen LogP contribution in [0.3, 0.4) is 0 Å². The van der Waals surface area contributed by atoms with Crippen LogP contribution in [0.4, 0.5) is 0 Å². The van der Waals surface area contributed by atoms with Gasteiger partial charge in [-0.15, -0.1) is 0 Å². The third-order valence-corrected chi connectivity index (χ3v) is 6.25. The monoisotopic (exact) mass is 481 g/mol. The molecule has 0 aliphatic carbocycles. The molecule has 2 aliphatic heterocycles. The van der Waals surface area contributed by atoms with Gasteiger partial charge in [0.15, 0.2) is 5.60 Å².